The van der Waals surface area contributed by atoms with Gasteiger partial charge in [0, 0.05) is 0 Å². The summed E-state index contributed by atoms with van der Waals surface area (Å²) in [6, 6.07) is 0. The first kappa shape index (κ1) is 64.6. The normalized spacial score (nSPS) is 0. The second kappa shape index (κ2) is 43.9. The summed E-state index contributed by atoms with van der Waals surface area (Å²) >= 11 is 0. The molecule has 0 rings (SSSR count). The van der Waals surface area contributed by atoms with Gasteiger partial charge in [0.05, 0.1) is 0 Å². The molecule has 0 saturated heterocycles. The van der Waals surface area contributed by atoms with Gasteiger partial charge in [-0.15, -0.1) is 0 Å². The van der Waals surface area contributed by atoms with E-state index >= 15 is 0 Å². The van der Waals surface area contributed by atoms with Gasteiger partial charge in [-0.3, -0.25) is 0 Å². The molecular formula is AlBr4Cu. The summed E-state index contributed by atoms with van der Waals surface area (Å²) in [6.07, 6.45) is 0. The molecule has 42 valence electrons. The van der Waals surface area contributed by atoms with Gasteiger partial charge >= 0.3 is 34.4 Å². The Hall–Kier alpha value is 2.97. The molecule has 0 atom stereocenters. The van der Waals surface area contributed by atoms with Crippen molar-refractivity contribution >= 4 is 17.4 Å². The maximum atomic E-state index is 0. The van der Waals surface area contributed by atoms with Gasteiger partial charge in [0.15, 0.2) is 0 Å². The average molecular weight is 410 g/mol. The van der Waals surface area contributed by atoms with Crippen LogP contribution in [0.25, 0.3) is 0 Å². The maximum Gasteiger partial charge on any atom is 3.00 e. The van der Waals surface area contributed by atoms with Crippen molar-refractivity contribution < 1.29 is 85.0 Å². The van der Waals surface area contributed by atoms with E-state index in [4.69, 9.17) is 0 Å². The molecule has 0 spiro atoms. The van der Waals surface area contributed by atoms with Crippen LogP contribution in [0.4, 0.5) is 0 Å². The monoisotopic (exact) mass is 406 g/mol. The van der Waals surface area contributed by atoms with E-state index in [-0.39, 0.29) is 102 Å². The van der Waals surface area contributed by atoms with Crippen molar-refractivity contribution in [2.24, 2.45) is 0 Å². The van der Waals surface area contributed by atoms with Gasteiger partial charge in [-0.25, -0.2) is 0 Å². The Bertz CT molecular complexity index is 7.51. The topological polar surface area (TPSA) is 0 Å². The largest absolute Gasteiger partial charge is 3.00 e. The average Bonchev–Trinajstić information content (AvgIpc) is 0. The first-order chi connectivity index (χ1) is 0. The molecule has 6 heteroatoms. The zero-order valence-corrected chi connectivity index (χ0v) is 10.8. The first-order valence-corrected chi connectivity index (χ1v) is 0. The van der Waals surface area contributed by atoms with E-state index in [1.807, 2.05) is 0 Å². The van der Waals surface area contributed by atoms with Crippen LogP contribution < -0.4 is 67.9 Å². The van der Waals surface area contributed by atoms with Crippen LogP contribution in [0.1, 0.15) is 0 Å². The third-order valence-corrected chi connectivity index (χ3v) is 0. The van der Waals surface area contributed by atoms with Crippen LogP contribution in [0.3, 0.4) is 0 Å². The predicted octanol–water partition coefficient (Wildman–Crippen LogP) is -12.4. The van der Waals surface area contributed by atoms with Crippen molar-refractivity contribution in [1.29, 1.82) is 0 Å². The second-order valence-corrected chi connectivity index (χ2v) is 0. The van der Waals surface area contributed by atoms with Crippen LogP contribution in [-0.4, -0.2) is 17.4 Å². The molecule has 0 saturated carbocycles. The Morgan fingerprint density at radius 3 is 0.500 bits per heavy atom. The van der Waals surface area contributed by atoms with E-state index in [1.165, 1.54) is 0 Å². The zero-order chi connectivity index (χ0) is 0. The third-order valence-electron chi connectivity index (χ3n) is 0. The second-order valence-electron chi connectivity index (χ2n) is 0. The van der Waals surface area contributed by atoms with Crippen LogP contribution in [0, 0.1) is 0 Å². The SMILES string of the molecule is [Al+3].[Br-].[Br-].[Br-].[Br-].[Cu+]. The van der Waals surface area contributed by atoms with Crippen molar-refractivity contribution in [3.63, 3.8) is 0 Å². The molecule has 0 bridgehead atoms. The molecule has 0 nitrogen and oxygen atoms in total. The van der Waals surface area contributed by atoms with Crippen molar-refractivity contribution in [1.82, 2.24) is 0 Å². The summed E-state index contributed by atoms with van der Waals surface area (Å²) in [5.41, 5.74) is 0. The smallest absolute Gasteiger partial charge is 1.00 e. The number of rotatable bonds is 0. The molecule has 6 heavy (non-hydrogen) atoms. The minimum atomic E-state index is 0. The molecule has 0 aromatic heterocycles. The first-order valence-electron chi connectivity index (χ1n) is 0. The molecule has 0 unspecified atom stereocenters. The quantitative estimate of drug-likeness (QED) is 0.348. The van der Waals surface area contributed by atoms with Gasteiger partial charge < -0.3 is 67.9 Å². The Morgan fingerprint density at radius 1 is 0.500 bits per heavy atom. The molecule has 0 radical (unpaired) electrons. The fourth-order valence-corrected chi connectivity index (χ4v) is 0. The maximum absolute atomic E-state index is 0. The van der Waals surface area contributed by atoms with Crippen LogP contribution in [0.2, 0.25) is 0 Å². The number of halogens is 4. The molecule has 0 aliphatic carbocycles. The summed E-state index contributed by atoms with van der Waals surface area (Å²) in [7, 11) is 0. The van der Waals surface area contributed by atoms with E-state index in [9.17, 15) is 0 Å². The van der Waals surface area contributed by atoms with Gasteiger partial charge in [0.2, 0.25) is 0 Å². The Balaban J connectivity index is 0. The van der Waals surface area contributed by atoms with Crippen LogP contribution in [-0.2, 0) is 17.1 Å². The van der Waals surface area contributed by atoms with E-state index in [0.29, 0.717) is 0 Å². The number of hydrogen-bond acceptors (Lipinski definition) is 0. The van der Waals surface area contributed by atoms with E-state index in [0.717, 1.165) is 0 Å². The van der Waals surface area contributed by atoms with Crippen molar-refractivity contribution in [2.45, 2.75) is 0 Å². The fraction of sp³-hybridized carbons (Fsp3) is 0. The van der Waals surface area contributed by atoms with Crippen molar-refractivity contribution in [3.8, 4) is 0 Å². The van der Waals surface area contributed by atoms with Gasteiger partial charge in [-0.2, -0.15) is 0 Å². The zero-order valence-electron chi connectivity index (χ0n) is 2.39. The molecule has 0 aromatic rings. The number of hydrogen-bond donors (Lipinski definition) is 0. The van der Waals surface area contributed by atoms with Crippen LogP contribution in [0.15, 0.2) is 0 Å². The summed E-state index contributed by atoms with van der Waals surface area (Å²) in [5, 5.41) is 0. The molecule has 0 aliphatic heterocycles. The molecule has 0 aromatic carbocycles. The third kappa shape index (κ3) is 28.2. The Labute approximate surface area is 101 Å². The van der Waals surface area contributed by atoms with Gasteiger partial charge in [0.25, 0.3) is 0 Å². The van der Waals surface area contributed by atoms with Gasteiger partial charge in [0.1, 0.15) is 0 Å². The van der Waals surface area contributed by atoms with E-state index in [2.05, 4.69) is 0 Å². The Kier molecular flexibility index (Phi) is 472. The van der Waals surface area contributed by atoms with Gasteiger partial charge in [-0.05, 0) is 0 Å². The van der Waals surface area contributed by atoms with Crippen LogP contribution in [0.5, 0.6) is 0 Å². The van der Waals surface area contributed by atoms with E-state index in [1.54, 1.807) is 0 Å². The predicted molar refractivity (Wildman–Crippen MR) is 5.75 cm³/mol. The van der Waals surface area contributed by atoms with Gasteiger partial charge in [-0.1, -0.05) is 0 Å². The molecule has 0 fully saturated rings. The van der Waals surface area contributed by atoms with Crippen molar-refractivity contribution in [3.05, 3.63) is 0 Å². The molecular weight excluding hydrogens is 410 g/mol. The molecule has 0 aliphatic rings. The molecule has 0 heterocycles. The minimum absolute atomic E-state index is 0. The van der Waals surface area contributed by atoms with Crippen LogP contribution >= 0.6 is 0 Å². The van der Waals surface area contributed by atoms with Crippen molar-refractivity contribution in [2.75, 3.05) is 0 Å². The summed E-state index contributed by atoms with van der Waals surface area (Å²) < 4.78 is 0. The summed E-state index contributed by atoms with van der Waals surface area (Å²) in [6.45, 7) is 0. The fourth-order valence-electron chi connectivity index (χ4n) is 0. The summed E-state index contributed by atoms with van der Waals surface area (Å²) in [4.78, 5) is 0. The molecule has 0 amide bonds. The van der Waals surface area contributed by atoms with E-state index < -0.39 is 0 Å². The minimum Gasteiger partial charge on any atom is -1.00 e. The molecule has 0 N–H and O–H groups in total. The summed E-state index contributed by atoms with van der Waals surface area (Å²) in [5.74, 6) is 0. The Morgan fingerprint density at radius 2 is 0.500 bits per heavy atom. The standard InChI is InChI=1S/Al.4BrH.Cu/h;4*1H;/q+3;;;;;+1/p-4.